The van der Waals surface area contributed by atoms with Gasteiger partial charge in [-0.3, -0.25) is 5.32 Å². The van der Waals surface area contributed by atoms with Gasteiger partial charge in [0.15, 0.2) is 0 Å². The summed E-state index contributed by atoms with van der Waals surface area (Å²) in [6, 6.07) is 0. The Hall–Kier alpha value is -0.950. The van der Waals surface area contributed by atoms with Gasteiger partial charge < -0.3 is 4.90 Å². The zero-order chi connectivity index (χ0) is 29.0. The molecule has 1 aliphatic rings. The van der Waals surface area contributed by atoms with Gasteiger partial charge in [-0.2, -0.15) is 0 Å². The van der Waals surface area contributed by atoms with Gasteiger partial charge in [-0.15, -0.1) is 0 Å². The van der Waals surface area contributed by atoms with Gasteiger partial charge >= 0.3 is 121 Å². The third-order valence-corrected chi connectivity index (χ3v) is 9.34. The van der Waals surface area contributed by atoms with Gasteiger partial charge in [-0.25, -0.2) is 4.90 Å². The van der Waals surface area contributed by atoms with E-state index in [9.17, 15) is 78.4 Å². The Morgan fingerprint density at radius 1 is 0.714 bits per heavy atom. The van der Waals surface area contributed by atoms with Gasteiger partial charge in [0.2, 0.25) is 6.29 Å². The Balaban J connectivity index is 0.000000952. The second-order valence-electron chi connectivity index (χ2n) is 7.44. The van der Waals surface area contributed by atoms with Crippen LogP contribution in [0.25, 0.3) is 0 Å². The van der Waals surface area contributed by atoms with Crippen molar-refractivity contribution in [1.29, 1.82) is 0 Å². The second-order valence-corrected chi connectivity index (χ2v) is 11.7. The van der Waals surface area contributed by atoms with Gasteiger partial charge in [-0.1, -0.05) is 6.92 Å². The third-order valence-electron chi connectivity index (χ3n) is 4.98. The number of alkyl halides is 15. The minimum atomic E-state index is -15.0. The summed E-state index contributed by atoms with van der Waals surface area (Å²) in [5.41, 5.74) is -29.3. The fraction of sp³-hybridized carbons (Fsp3) is 1.00. The van der Waals surface area contributed by atoms with Gasteiger partial charge in [0.25, 0.3) is 0 Å². The van der Waals surface area contributed by atoms with Crippen LogP contribution in [0.3, 0.4) is 0 Å². The van der Waals surface area contributed by atoms with Crippen molar-refractivity contribution in [2.75, 3.05) is 33.7 Å². The van der Waals surface area contributed by atoms with E-state index in [1.807, 2.05) is 0 Å². The number of hydrogen-bond donors (Lipinski definition) is 2. The zero-order valence-electron chi connectivity index (χ0n) is 17.4. The fourth-order valence-corrected chi connectivity index (χ4v) is 5.54. The molecule has 0 spiro atoms. The number of rotatable bonds is 5. The van der Waals surface area contributed by atoms with Crippen LogP contribution in [0, 0.1) is 0 Å². The van der Waals surface area contributed by atoms with Crippen LogP contribution in [0.2, 0.25) is 0 Å². The molecule has 0 aromatic carbocycles. The Bertz CT molecular complexity index is 674. The second kappa shape index (κ2) is 8.54. The van der Waals surface area contributed by atoms with Gasteiger partial charge in [0.1, 0.15) is 0 Å². The predicted octanol–water partition coefficient (Wildman–Crippen LogP) is 5.53. The number of nitrogens with one attached hydrogen (secondary N) is 2. The number of likely N-dealkylation sites (N-methyl/N-ethyl adjacent to an activating group) is 2. The van der Waals surface area contributed by atoms with Crippen molar-refractivity contribution in [2.45, 2.75) is 48.7 Å². The molecule has 2 N–H and O–H groups in total. The SMILES string of the molecule is CCNC1N(C)CC[NH+]1C.FC(F)(F)C(F)(F)[P-](F)(F)(F)(C(F)(F)C(F)(F)F)C(F)(F)C(F)(F)F. The van der Waals surface area contributed by atoms with Crippen molar-refractivity contribution in [3.8, 4) is 0 Å². The number of hydrogen-bond acceptors (Lipinski definition) is 2. The van der Waals surface area contributed by atoms with Crippen molar-refractivity contribution in [3.05, 3.63) is 0 Å². The van der Waals surface area contributed by atoms with Crippen LogP contribution in [-0.2, 0) is 0 Å². The van der Waals surface area contributed by atoms with E-state index < -0.39 is 42.4 Å². The molecule has 0 aromatic rings. The summed E-state index contributed by atoms with van der Waals surface area (Å²) in [4.78, 5) is 3.93. The maximum atomic E-state index is 13.4. The van der Waals surface area contributed by atoms with E-state index in [0.29, 0.717) is 6.29 Å². The Morgan fingerprint density at radius 2 is 1.00 bits per heavy atom. The van der Waals surface area contributed by atoms with Crippen LogP contribution in [0.4, 0.5) is 78.4 Å². The van der Waals surface area contributed by atoms with Crippen LogP contribution in [0.1, 0.15) is 6.92 Å². The summed E-state index contributed by atoms with van der Waals surface area (Å²) in [6.07, 6.45) is -25.6. The molecule has 216 valence electrons. The van der Waals surface area contributed by atoms with Crippen molar-refractivity contribution in [1.82, 2.24) is 10.2 Å². The van der Waals surface area contributed by atoms with Crippen LogP contribution in [0.5, 0.6) is 0 Å². The molecule has 2 atom stereocenters. The minimum absolute atomic E-state index is 0.546. The first-order chi connectivity index (χ1) is 14.8. The molecule has 1 rings (SSSR count). The van der Waals surface area contributed by atoms with Gasteiger partial charge in [0.05, 0.1) is 20.1 Å². The summed E-state index contributed by atoms with van der Waals surface area (Å²) in [6.45, 7) is -9.32. The molecule has 0 saturated carbocycles. The number of quaternary nitrogens is 1. The Kier molecular flexibility index (Phi) is 8.31. The molecule has 0 bridgehead atoms. The molecular formula is C13H18F18N3P. The normalized spacial score (nSPS) is 23.9. The molecule has 0 amide bonds. The van der Waals surface area contributed by atoms with E-state index in [1.54, 1.807) is 4.90 Å². The molecular weight excluding hydrogens is 571 g/mol. The fourth-order valence-electron chi connectivity index (χ4n) is 2.86. The van der Waals surface area contributed by atoms with E-state index in [4.69, 9.17) is 0 Å². The van der Waals surface area contributed by atoms with Crippen LogP contribution in [-0.4, -0.2) is 80.4 Å². The average Bonchev–Trinajstić information content (AvgIpc) is 2.91. The van der Waals surface area contributed by atoms with Gasteiger partial charge in [0, 0.05) is 0 Å². The monoisotopic (exact) mass is 589 g/mol. The van der Waals surface area contributed by atoms with Crippen molar-refractivity contribution >= 4 is 6.88 Å². The maximum absolute atomic E-state index is 15.0. The summed E-state index contributed by atoms with van der Waals surface area (Å²) < 4.78 is 222. The molecule has 0 aliphatic carbocycles. The topological polar surface area (TPSA) is 19.7 Å². The van der Waals surface area contributed by atoms with Crippen molar-refractivity contribution in [2.24, 2.45) is 0 Å². The molecule has 1 aliphatic heterocycles. The predicted molar refractivity (Wildman–Crippen MR) is 85.1 cm³/mol. The molecule has 22 heteroatoms. The first-order valence-electron chi connectivity index (χ1n) is 8.78. The molecule has 1 fully saturated rings. The molecule has 3 nitrogen and oxygen atoms in total. The van der Waals surface area contributed by atoms with Crippen LogP contribution in [0.15, 0.2) is 0 Å². The third kappa shape index (κ3) is 4.20. The summed E-state index contributed by atoms with van der Waals surface area (Å²) in [5.74, 6) is 0. The molecule has 0 radical (unpaired) electrons. The van der Waals surface area contributed by atoms with E-state index in [-0.39, 0.29) is 0 Å². The van der Waals surface area contributed by atoms with E-state index >= 15 is 0 Å². The Morgan fingerprint density at radius 3 is 1.17 bits per heavy atom. The van der Waals surface area contributed by atoms with E-state index in [1.165, 1.54) is 13.1 Å². The summed E-state index contributed by atoms with van der Waals surface area (Å²) >= 11 is 0. The standard InChI is InChI=1S/C7H17N3.C6F18P/c1-4-8-7-9(2)5-6-10(7)3;7-1(8,9)4(16,17)25(22,23,24,5(18,19)2(10,11)12)6(20,21)3(13,14)15/h7-8H,4-6H2,1-3H3;/q;-1/p+1. The van der Waals surface area contributed by atoms with E-state index in [2.05, 4.69) is 31.2 Å². The molecule has 1 saturated heterocycles. The molecule has 0 aromatic heterocycles. The van der Waals surface area contributed by atoms with Gasteiger partial charge in [-0.05, 0) is 13.6 Å². The van der Waals surface area contributed by atoms with Crippen LogP contribution < -0.4 is 10.2 Å². The Labute approximate surface area is 184 Å². The zero-order valence-corrected chi connectivity index (χ0v) is 18.3. The molecule has 35 heavy (non-hydrogen) atoms. The first-order valence-corrected chi connectivity index (χ1v) is 11.1. The summed E-state index contributed by atoms with van der Waals surface area (Å²) in [5, 5.41) is 3.43. The average molecular weight is 589 g/mol. The first kappa shape index (κ1) is 34.0. The quantitative estimate of drug-likeness (QED) is 0.325. The van der Waals surface area contributed by atoms with Crippen molar-refractivity contribution < 1.29 is 83.3 Å². The molecule has 2 unspecified atom stereocenters. The number of nitrogens with zero attached hydrogens (tertiary/aromatic N) is 1. The van der Waals surface area contributed by atoms with E-state index in [0.717, 1.165) is 6.54 Å². The van der Waals surface area contributed by atoms with Crippen molar-refractivity contribution in [3.63, 3.8) is 0 Å². The number of halogens is 18. The molecule has 1 heterocycles. The van der Waals surface area contributed by atoms with Crippen LogP contribution >= 0.6 is 6.88 Å². The summed E-state index contributed by atoms with van der Waals surface area (Å²) in [7, 11) is 4.40.